The van der Waals surface area contributed by atoms with Gasteiger partial charge in [-0.15, -0.1) is 0 Å². The zero-order valence-electron chi connectivity index (χ0n) is 19.4. The number of ether oxygens (including phenoxy) is 1. The van der Waals surface area contributed by atoms with Crippen molar-refractivity contribution in [2.75, 3.05) is 30.8 Å². The molecule has 3 N–H and O–H groups in total. The Bertz CT molecular complexity index is 1260. The highest BCUT2D eigenvalue weighted by atomic mass is 19.3. The third-order valence-corrected chi connectivity index (χ3v) is 5.29. The number of halogens is 2. The van der Waals surface area contributed by atoms with E-state index in [1.54, 1.807) is 31.0 Å². The topological polar surface area (TPSA) is 114 Å². The molecular weight excluding hydrogens is 460 g/mol. The molecule has 0 aliphatic rings. The zero-order chi connectivity index (χ0) is 25.5. The van der Waals surface area contributed by atoms with Gasteiger partial charge in [0.2, 0.25) is 5.91 Å². The van der Waals surface area contributed by atoms with Gasteiger partial charge in [-0.05, 0) is 37.2 Å². The quantitative estimate of drug-likeness (QED) is 0.454. The summed E-state index contributed by atoms with van der Waals surface area (Å²) in [5, 5.41) is 0. The minimum atomic E-state index is -2.90. The number of aromatic nitrogens is 2. The van der Waals surface area contributed by atoms with Gasteiger partial charge in [0.1, 0.15) is 11.6 Å². The molecule has 2 aromatic carbocycles. The minimum absolute atomic E-state index is 0.0416. The molecule has 0 aliphatic heterocycles. The molecule has 35 heavy (non-hydrogen) atoms. The lowest BCUT2D eigenvalue weighted by Crippen LogP contribution is -2.44. The van der Waals surface area contributed by atoms with Crippen LogP contribution in [0.2, 0.25) is 0 Å². The SMILES string of the molecule is CCN(C(=O)CN(C)Cc1ccc(OC(F)F)cc1)c1c(N)n(Cc2ccccc2)c(=O)[nH]c1=O. The van der Waals surface area contributed by atoms with Crippen LogP contribution in [0, 0.1) is 0 Å². The lowest BCUT2D eigenvalue weighted by molar-refractivity contribution is -0.119. The number of anilines is 2. The van der Waals surface area contributed by atoms with Crippen molar-refractivity contribution in [3.05, 3.63) is 86.6 Å². The number of nitrogen functional groups attached to an aromatic ring is 1. The van der Waals surface area contributed by atoms with E-state index in [4.69, 9.17) is 5.73 Å². The number of amides is 1. The first-order chi connectivity index (χ1) is 16.7. The van der Waals surface area contributed by atoms with Crippen LogP contribution >= 0.6 is 0 Å². The van der Waals surface area contributed by atoms with Crippen molar-refractivity contribution in [1.29, 1.82) is 0 Å². The molecule has 0 aliphatic carbocycles. The van der Waals surface area contributed by atoms with Gasteiger partial charge in [0.05, 0.1) is 13.1 Å². The highest BCUT2D eigenvalue weighted by Gasteiger charge is 2.24. The number of nitrogens with zero attached hydrogens (tertiary/aromatic N) is 3. The Balaban J connectivity index is 1.77. The number of nitrogens with one attached hydrogen (secondary N) is 1. The number of carbonyl (C=O) groups is 1. The lowest BCUT2D eigenvalue weighted by atomic mass is 10.2. The Hall–Kier alpha value is -3.99. The highest BCUT2D eigenvalue weighted by molar-refractivity contribution is 5.96. The molecule has 0 spiro atoms. The number of rotatable bonds is 10. The highest BCUT2D eigenvalue weighted by Crippen LogP contribution is 2.19. The molecule has 0 bridgehead atoms. The van der Waals surface area contributed by atoms with Crippen LogP contribution in [0.25, 0.3) is 0 Å². The van der Waals surface area contributed by atoms with Gasteiger partial charge in [-0.3, -0.25) is 24.0 Å². The third kappa shape index (κ3) is 6.54. The van der Waals surface area contributed by atoms with Gasteiger partial charge in [0.15, 0.2) is 5.69 Å². The second-order valence-electron chi connectivity index (χ2n) is 7.90. The monoisotopic (exact) mass is 487 g/mol. The fourth-order valence-electron chi connectivity index (χ4n) is 3.68. The predicted octanol–water partition coefficient (Wildman–Crippen LogP) is 2.25. The number of hydrogen-bond acceptors (Lipinski definition) is 6. The first-order valence-corrected chi connectivity index (χ1v) is 10.9. The molecule has 186 valence electrons. The summed E-state index contributed by atoms with van der Waals surface area (Å²) < 4.78 is 30.2. The Morgan fingerprint density at radius 1 is 1.09 bits per heavy atom. The van der Waals surface area contributed by atoms with E-state index >= 15 is 0 Å². The first-order valence-electron chi connectivity index (χ1n) is 10.9. The summed E-state index contributed by atoms with van der Waals surface area (Å²) in [6, 6.07) is 15.2. The molecule has 3 aromatic rings. The number of nitrogens with two attached hydrogens (primary N) is 1. The van der Waals surface area contributed by atoms with Crippen molar-refractivity contribution in [3.63, 3.8) is 0 Å². The lowest BCUT2D eigenvalue weighted by Gasteiger charge is -2.25. The molecule has 3 rings (SSSR count). The van der Waals surface area contributed by atoms with E-state index in [0.717, 1.165) is 11.1 Å². The molecule has 0 fully saturated rings. The second-order valence-corrected chi connectivity index (χ2v) is 7.90. The van der Waals surface area contributed by atoms with Gasteiger partial charge in [0, 0.05) is 13.1 Å². The fraction of sp³-hybridized carbons (Fsp3) is 0.292. The van der Waals surface area contributed by atoms with Crippen molar-refractivity contribution in [1.82, 2.24) is 14.5 Å². The van der Waals surface area contributed by atoms with E-state index < -0.39 is 23.8 Å². The summed E-state index contributed by atoms with van der Waals surface area (Å²) in [5.41, 5.74) is 6.30. The molecule has 1 aromatic heterocycles. The maximum Gasteiger partial charge on any atom is 0.387 e. The smallest absolute Gasteiger partial charge is 0.387 e. The Kier molecular flexibility index (Phi) is 8.37. The van der Waals surface area contributed by atoms with Crippen molar-refractivity contribution in [2.24, 2.45) is 0 Å². The van der Waals surface area contributed by atoms with Crippen molar-refractivity contribution in [3.8, 4) is 5.75 Å². The van der Waals surface area contributed by atoms with Gasteiger partial charge >= 0.3 is 12.3 Å². The summed E-state index contributed by atoms with van der Waals surface area (Å²) in [6.07, 6.45) is 0. The van der Waals surface area contributed by atoms with Gasteiger partial charge < -0.3 is 15.4 Å². The van der Waals surface area contributed by atoms with Crippen LogP contribution in [-0.2, 0) is 17.9 Å². The number of alkyl halides is 2. The Morgan fingerprint density at radius 3 is 2.34 bits per heavy atom. The average Bonchev–Trinajstić information content (AvgIpc) is 2.80. The maximum absolute atomic E-state index is 13.1. The number of benzene rings is 2. The molecule has 11 heteroatoms. The Labute approximate surface area is 200 Å². The molecular formula is C24H27F2N5O4. The largest absolute Gasteiger partial charge is 0.435 e. The van der Waals surface area contributed by atoms with Crippen LogP contribution in [0.3, 0.4) is 0 Å². The van der Waals surface area contributed by atoms with E-state index in [1.807, 2.05) is 30.3 Å². The molecule has 9 nitrogen and oxygen atoms in total. The van der Waals surface area contributed by atoms with E-state index in [2.05, 4.69) is 9.72 Å². The maximum atomic E-state index is 13.1. The van der Waals surface area contributed by atoms with Gasteiger partial charge in [0.25, 0.3) is 5.56 Å². The summed E-state index contributed by atoms with van der Waals surface area (Å²) in [5.74, 6) is -0.454. The number of hydrogen-bond donors (Lipinski definition) is 2. The molecule has 1 heterocycles. The zero-order valence-corrected chi connectivity index (χ0v) is 19.4. The van der Waals surface area contributed by atoms with Crippen LogP contribution < -0.4 is 26.6 Å². The summed E-state index contributed by atoms with van der Waals surface area (Å²) in [6.45, 7) is -0.628. The minimum Gasteiger partial charge on any atom is -0.435 e. The summed E-state index contributed by atoms with van der Waals surface area (Å²) >= 11 is 0. The van der Waals surface area contributed by atoms with Crippen molar-refractivity contribution >= 4 is 17.4 Å². The average molecular weight is 488 g/mol. The van der Waals surface area contributed by atoms with Gasteiger partial charge in [-0.2, -0.15) is 8.78 Å². The predicted molar refractivity (Wildman–Crippen MR) is 129 cm³/mol. The van der Waals surface area contributed by atoms with E-state index in [9.17, 15) is 23.2 Å². The standard InChI is InChI=1S/C24H27F2N5O4/c1-3-30(19(32)15-29(2)13-17-9-11-18(12-10-17)35-23(25)26)20-21(27)31(24(34)28-22(20)33)14-16-7-5-4-6-8-16/h4-12,23H,3,13-15,27H2,1-2H3,(H,28,33,34). The van der Waals surface area contributed by atoms with Crippen molar-refractivity contribution in [2.45, 2.75) is 26.6 Å². The number of likely N-dealkylation sites (N-methyl/N-ethyl adjacent to an activating group) is 2. The van der Waals surface area contributed by atoms with E-state index in [1.165, 1.54) is 21.6 Å². The van der Waals surface area contributed by atoms with Crippen molar-refractivity contribution < 1.29 is 18.3 Å². The fourth-order valence-corrected chi connectivity index (χ4v) is 3.68. The van der Waals surface area contributed by atoms with Crippen LogP contribution in [0.15, 0.2) is 64.2 Å². The molecule has 0 radical (unpaired) electrons. The van der Waals surface area contributed by atoms with E-state index in [0.29, 0.717) is 6.54 Å². The summed E-state index contributed by atoms with van der Waals surface area (Å²) in [7, 11) is 1.71. The molecule has 0 atom stereocenters. The van der Waals surface area contributed by atoms with Crippen LogP contribution in [-0.4, -0.2) is 47.1 Å². The Morgan fingerprint density at radius 2 is 1.74 bits per heavy atom. The number of carbonyl (C=O) groups excluding carboxylic acids is 1. The first kappa shape index (κ1) is 25.6. The number of H-pyrrole nitrogens is 1. The van der Waals surface area contributed by atoms with Crippen LogP contribution in [0.4, 0.5) is 20.3 Å². The number of aromatic amines is 1. The third-order valence-electron chi connectivity index (χ3n) is 5.29. The molecule has 0 saturated heterocycles. The summed E-state index contributed by atoms with van der Waals surface area (Å²) in [4.78, 5) is 43.4. The molecule has 1 amide bonds. The van der Waals surface area contributed by atoms with Crippen LogP contribution in [0.5, 0.6) is 5.75 Å². The second kappa shape index (κ2) is 11.4. The van der Waals surface area contributed by atoms with E-state index in [-0.39, 0.29) is 36.9 Å². The van der Waals surface area contributed by atoms with Gasteiger partial charge in [-0.25, -0.2) is 4.79 Å². The normalized spacial score (nSPS) is 11.1. The van der Waals surface area contributed by atoms with Gasteiger partial charge in [-0.1, -0.05) is 42.5 Å². The molecule has 0 saturated carbocycles. The molecule has 0 unspecified atom stereocenters. The van der Waals surface area contributed by atoms with Crippen LogP contribution in [0.1, 0.15) is 18.1 Å².